The van der Waals surface area contributed by atoms with E-state index in [1.54, 1.807) is 0 Å². The zero-order valence-corrected chi connectivity index (χ0v) is 10.7. The van der Waals surface area contributed by atoms with E-state index in [0.717, 1.165) is 6.42 Å². The summed E-state index contributed by atoms with van der Waals surface area (Å²) in [5.74, 6) is -1.34. The molecular formula is C12H14ClNO4. The van der Waals surface area contributed by atoms with E-state index < -0.39 is 5.97 Å². The Morgan fingerprint density at radius 2 is 2.17 bits per heavy atom. The molecular weight excluding hydrogens is 258 g/mol. The van der Waals surface area contributed by atoms with Crippen LogP contribution in [0, 0.1) is 0 Å². The Kier molecular flexibility index (Phi) is 5.45. The molecule has 0 saturated carbocycles. The average Bonchev–Trinajstić information content (AvgIpc) is 2.33. The Balaban J connectivity index is 2.68. The number of amides is 1. The number of ether oxygens (including phenoxy) is 1. The Labute approximate surface area is 110 Å². The quantitative estimate of drug-likeness (QED) is 0.829. The summed E-state index contributed by atoms with van der Waals surface area (Å²) in [5, 5.41) is 11.9. The van der Waals surface area contributed by atoms with Gasteiger partial charge in [-0.3, -0.25) is 4.79 Å². The number of halogens is 1. The van der Waals surface area contributed by atoms with Gasteiger partial charge in [-0.05, 0) is 24.6 Å². The molecule has 0 bridgehead atoms. The molecule has 0 heterocycles. The summed E-state index contributed by atoms with van der Waals surface area (Å²) in [7, 11) is 0. The lowest BCUT2D eigenvalue weighted by Crippen LogP contribution is -2.29. The molecule has 6 heteroatoms. The second kappa shape index (κ2) is 6.86. The highest BCUT2D eigenvalue weighted by atomic mass is 35.5. The summed E-state index contributed by atoms with van der Waals surface area (Å²) in [6, 6.07) is 4.16. The number of carboxylic acids is 1. The van der Waals surface area contributed by atoms with Gasteiger partial charge in [0.2, 0.25) is 0 Å². The summed E-state index contributed by atoms with van der Waals surface area (Å²) in [6.45, 7) is 2.25. The first kappa shape index (κ1) is 14.3. The van der Waals surface area contributed by atoms with Gasteiger partial charge in [0.25, 0.3) is 5.91 Å². The minimum Gasteiger partial charge on any atom is -0.483 e. The van der Waals surface area contributed by atoms with Gasteiger partial charge in [-0.25, -0.2) is 4.79 Å². The minimum atomic E-state index is -1.13. The third-order valence-electron chi connectivity index (χ3n) is 2.11. The topological polar surface area (TPSA) is 75.6 Å². The van der Waals surface area contributed by atoms with E-state index >= 15 is 0 Å². The van der Waals surface area contributed by atoms with Crippen molar-refractivity contribution < 1.29 is 19.4 Å². The van der Waals surface area contributed by atoms with E-state index in [0.29, 0.717) is 11.6 Å². The van der Waals surface area contributed by atoms with Crippen LogP contribution in [0.4, 0.5) is 0 Å². The minimum absolute atomic E-state index is 0.0253. The maximum absolute atomic E-state index is 11.3. The van der Waals surface area contributed by atoms with Gasteiger partial charge in [-0.15, -0.1) is 0 Å². The molecule has 1 aromatic carbocycles. The second-order valence-corrected chi connectivity index (χ2v) is 4.02. The first-order valence-electron chi connectivity index (χ1n) is 5.47. The zero-order chi connectivity index (χ0) is 13.5. The second-order valence-electron chi connectivity index (χ2n) is 3.58. The van der Waals surface area contributed by atoms with Crippen LogP contribution < -0.4 is 10.1 Å². The van der Waals surface area contributed by atoms with Crippen LogP contribution in [-0.4, -0.2) is 30.1 Å². The molecule has 0 fully saturated rings. The molecule has 0 radical (unpaired) electrons. The molecule has 0 saturated heterocycles. The molecule has 2 N–H and O–H groups in total. The van der Waals surface area contributed by atoms with E-state index in [9.17, 15) is 9.59 Å². The molecule has 0 aliphatic rings. The Hall–Kier alpha value is -1.75. The monoisotopic (exact) mass is 271 g/mol. The number of carbonyl (C=O) groups excluding carboxylic acids is 1. The van der Waals surface area contributed by atoms with Crippen molar-refractivity contribution in [2.45, 2.75) is 13.3 Å². The maximum Gasteiger partial charge on any atom is 0.339 e. The number of benzene rings is 1. The van der Waals surface area contributed by atoms with Crippen molar-refractivity contribution >= 4 is 23.5 Å². The molecule has 1 amide bonds. The molecule has 98 valence electrons. The summed E-state index contributed by atoms with van der Waals surface area (Å²) in [5.41, 5.74) is -0.0253. The van der Waals surface area contributed by atoms with Gasteiger partial charge in [-0.2, -0.15) is 0 Å². The predicted octanol–water partition coefficient (Wildman–Crippen LogP) is 1.94. The van der Waals surface area contributed by atoms with Gasteiger partial charge in [-0.1, -0.05) is 18.5 Å². The Morgan fingerprint density at radius 3 is 2.78 bits per heavy atom. The van der Waals surface area contributed by atoms with Gasteiger partial charge in [0, 0.05) is 11.6 Å². The van der Waals surface area contributed by atoms with Gasteiger partial charge >= 0.3 is 5.97 Å². The van der Waals surface area contributed by atoms with Gasteiger partial charge in [0.1, 0.15) is 11.3 Å². The standard InChI is InChI=1S/C12H14ClNO4/c1-2-5-14-11(15)7-18-10-6-8(13)3-4-9(10)12(16)17/h3-4,6H,2,5,7H2,1H3,(H,14,15)(H,16,17). The third kappa shape index (κ3) is 4.25. The largest absolute Gasteiger partial charge is 0.483 e. The first-order valence-corrected chi connectivity index (χ1v) is 5.84. The van der Waals surface area contributed by atoms with E-state index in [1.807, 2.05) is 6.92 Å². The van der Waals surface area contributed by atoms with Crippen LogP contribution in [0.2, 0.25) is 5.02 Å². The molecule has 0 atom stereocenters. The fourth-order valence-electron chi connectivity index (χ4n) is 1.25. The Bertz CT molecular complexity index is 448. The lowest BCUT2D eigenvalue weighted by atomic mass is 10.2. The van der Waals surface area contributed by atoms with Gasteiger partial charge in [0.15, 0.2) is 6.61 Å². The van der Waals surface area contributed by atoms with Crippen molar-refractivity contribution in [3.05, 3.63) is 28.8 Å². The van der Waals surface area contributed by atoms with E-state index in [4.69, 9.17) is 21.4 Å². The van der Waals surface area contributed by atoms with Crippen molar-refractivity contribution in [2.75, 3.05) is 13.2 Å². The Morgan fingerprint density at radius 1 is 1.44 bits per heavy atom. The number of carboxylic acid groups (broad SMARTS) is 1. The molecule has 0 unspecified atom stereocenters. The number of aromatic carboxylic acids is 1. The van der Waals surface area contributed by atoms with Crippen molar-refractivity contribution in [3.8, 4) is 5.75 Å². The van der Waals surface area contributed by atoms with Crippen LogP contribution in [0.15, 0.2) is 18.2 Å². The van der Waals surface area contributed by atoms with Gasteiger partial charge in [0.05, 0.1) is 0 Å². The van der Waals surface area contributed by atoms with Crippen LogP contribution in [0.1, 0.15) is 23.7 Å². The van der Waals surface area contributed by atoms with E-state index in [2.05, 4.69) is 5.32 Å². The molecule has 5 nitrogen and oxygen atoms in total. The first-order chi connectivity index (χ1) is 8.54. The van der Waals surface area contributed by atoms with Crippen LogP contribution in [0.25, 0.3) is 0 Å². The molecule has 0 aliphatic heterocycles. The summed E-state index contributed by atoms with van der Waals surface area (Å²) < 4.78 is 5.16. The SMILES string of the molecule is CCCNC(=O)COc1cc(Cl)ccc1C(=O)O. The van der Waals surface area contributed by atoms with Crippen LogP contribution in [0.3, 0.4) is 0 Å². The van der Waals surface area contributed by atoms with E-state index in [1.165, 1.54) is 18.2 Å². The predicted molar refractivity (Wildman–Crippen MR) is 67.2 cm³/mol. The van der Waals surface area contributed by atoms with Crippen LogP contribution in [0.5, 0.6) is 5.75 Å². The number of carbonyl (C=O) groups is 2. The highest BCUT2D eigenvalue weighted by Gasteiger charge is 2.13. The molecule has 18 heavy (non-hydrogen) atoms. The molecule has 0 spiro atoms. The molecule has 0 aliphatic carbocycles. The number of hydrogen-bond donors (Lipinski definition) is 2. The molecule has 0 aromatic heterocycles. The van der Waals surface area contributed by atoms with Crippen molar-refractivity contribution in [1.29, 1.82) is 0 Å². The highest BCUT2D eigenvalue weighted by molar-refractivity contribution is 6.30. The average molecular weight is 272 g/mol. The molecule has 1 aromatic rings. The lowest BCUT2D eigenvalue weighted by molar-refractivity contribution is -0.123. The summed E-state index contributed by atoms with van der Waals surface area (Å²) >= 11 is 5.75. The highest BCUT2D eigenvalue weighted by Crippen LogP contribution is 2.23. The summed E-state index contributed by atoms with van der Waals surface area (Å²) in [6.07, 6.45) is 0.823. The smallest absolute Gasteiger partial charge is 0.339 e. The fraction of sp³-hybridized carbons (Fsp3) is 0.333. The maximum atomic E-state index is 11.3. The molecule has 1 rings (SSSR count). The fourth-order valence-corrected chi connectivity index (χ4v) is 1.41. The lowest BCUT2D eigenvalue weighted by Gasteiger charge is -2.09. The van der Waals surface area contributed by atoms with E-state index in [-0.39, 0.29) is 23.8 Å². The number of hydrogen-bond acceptors (Lipinski definition) is 3. The van der Waals surface area contributed by atoms with Crippen molar-refractivity contribution in [2.24, 2.45) is 0 Å². The van der Waals surface area contributed by atoms with Crippen molar-refractivity contribution in [1.82, 2.24) is 5.32 Å². The van der Waals surface area contributed by atoms with Crippen molar-refractivity contribution in [3.63, 3.8) is 0 Å². The summed E-state index contributed by atoms with van der Waals surface area (Å²) in [4.78, 5) is 22.3. The normalized spacial score (nSPS) is 9.89. The number of nitrogens with one attached hydrogen (secondary N) is 1. The van der Waals surface area contributed by atoms with Crippen LogP contribution >= 0.6 is 11.6 Å². The third-order valence-corrected chi connectivity index (χ3v) is 2.34. The number of rotatable bonds is 6. The van der Waals surface area contributed by atoms with Gasteiger partial charge < -0.3 is 15.2 Å². The van der Waals surface area contributed by atoms with Crippen LogP contribution in [-0.2, 0) is 4.79 Å². The zero-order valence-electron chi connectivity index (χ0n) is 9.90.